The summed E-state index contributed by atoms with van der Waals surface area (Å²) < 4.78 is 31.4. The third-order valence-corrected chi connectivity index (χ3v) is 5.49. The quantitative estimate of drug-likeness (QED) is 0.210. The third kappa shape index (κ3) is 5.79. The molecular formula is C25H23BrO8. The first-order chi connectivity index (χ1) is 16.4. The molecule has 0 aromatic heterocycles. The molecule has 34 heavy (non-hydrogen) atoms. The number of methoxy groups -OCH3 is 4. The highest BCUT2D eigenvalue weighted by Gasteiger charge is 2.22. The van der Waals surface area contributed by atoms with E-state index in [-0.39, 0.29) is 17.4 Å². The van der Waals surface area contributed by atoms with Gasteiger partial charge < -0.3 is 28.4 Å². The Hall–Kier alpha value is -3.72. The molecule has 0 bridgehead atoms. The Morgan fingerprint density at radius 1 is 0.618 bits per heavy atom. The maximum absolute atomic E-state index is 11.8. The molecule has 9 heteroatoms. The first-order valence-electron chi connectivity index (χ1n) is 10.0. The standard InChI is InChI=1S/C25H23BrO8/c1-29-19-11-7-16(13-21(19)33-24(27)31-3)23(15-5-9-18(26)10-6-15)17-8-12-20(30-2)22(14-17)34-25(28)32-4/h5-14,23H,1-4H3. The van der Waals surface area contributed by atoms with E-state index < -0.39 is 12.3 Å². The summed E-state index contributed by atoms with van der Waals surface area (Å²) in [6, 6.07) is 18.3. The van der Waals surface area contributed by atoms with Crippen molar-refractivity contribution in [2.45, 2.75) is 5.92 Å². The number of hydrogen-bond donors (Lipinski definition) is 0. The lowest BCUT2D eigenvalue weighted by atomic mass is 9.85. The van der Waals surface area contributed by atoms with Crippen molar-refractivity contribution in [1.29, 1.82) is 0 Å². The molecule has 0 unspecified atom stereocenters. The first-order valence-corrected chi connectivity index (χ1v) is 10.8. The van der Waals surface area contributed by atoms with Gasteiger partial charge in [-0.3, -0.25) is 0 Å². The van der Waals surface area contributed by atoms with Gasteiger partial charge in [-0.25, -0.2) is 9.59 Å². The Balaban J connectivity index is 2.17. The maximum Gasteiger partial charge on any atom is 0.513 e. The van der Waals surface area contributed by atoms with Crippen LogP contribution in [0.3, 0.4) is 0 Å². The number of hydrogen-bond acceptors (Lipinski definition) is 8. The summed E-state index contributed by atoms with van der Waals surface area (Å²) in [6.07, 6.45) is -1.73. The fourth-order valence-electron chi connectivity index (χ4n) is 3.40. The molecular weight excluding hydrogens is 508 g/mol. The number of rotatable bonds is 7. The molecule has 178 valence electrons. The van der Waals surface area contributed by atoms with Crippen LogP contribution in [0.15, 0.2) is 65.1 Å². The van der Waals surface area contributed by atoms with Crippen LogP contribution in [-0.2, 0) is 9.47 Å². The zero-order chi connectivity index (χ0) is 24.7. The summed E-state index contributed by atoms with van der Waals surface area (Å²) in [7, 11) is 5.41. The van der Waals surface area contributed by atoms with Crippen molar-refractivity contribution in [3.05, 3.63) is 81.8 Å². The Bertz CT molecular complexity index is 1090. The molecule has 0 aliphatic carbocycles. The van der Waals surface area contributed by atoms with Crippen molar-refractivity contribution in [3.8, 4) is 23.0 Å². The van der Waals surface area contributed by atoms with Crippen molar-refractivity contribution in [1.82, 2.24) is 0 Å². The van der Waals surface area contributed by atoms with Crippen LogP contribution in [-0.4, -0.2) is 40.7 Å². The second kappa shape index (κ2) is 11.4. The number of ether oxygens (including phenoxy) is 6. The highest BCUT2D eigenvalue weighted by molar-refractivity contribution is 9.10. The van der Waals surface area contributed by atoms with Crippen LogP contribution in [0.25, 0.3) is 0 Å². The lowest BCUT2D eigenvalue weighted by molar-refractivity contribution is 0.119. The van der Waals surface area contributed by atoms with Crippen molar-refractivity contribution >= 4 is 28.2 Å². The van der Waals surface area contributed by atoms with Crippen molar-refractivity contribution in [3.63, 3.8) is 0 Å². The Morgan fingerprint density at radius 2 is 1.03 bits per heavy atom. The van der Waals surface area contributed by atoms with Gasteiger partial charge in [-0.2, -0.15) is 0 Å². The molecule has 8 nitrogen and oxygen atoms in total. The SMILES string of the molecule is COC(=O)Oc1cc(C(c2ccc(Br)cc2)c2ccc(OC)c(OC(=O)OC)c2)ccc1OC. The van der Waals surface area contributed by atoms with Gasteiger partial charge in [0.1, 0.15) is 0 Å². The summed E-state index contributed by atoms with van der Waals surface area (Å²) in [5, 5.41) is 0. The van der Waals surface area contributed by atoms with Gasteiger partial charge in [0.15, 0.2) is 23.0 Å². The van der Waals surface area contributed by atoms with E-state index in [0.29, 0.717) is 11.5 Å². The lowest BCUT2D eigenvalue weighted by Gasteiger charge is -2.21. The van der Waals surface area contributed by atoms with Crippen LogP contribution >= 0.6 is 15.9 Å². The summed E-state index contributed by atoms with van der Waals surface area (Å²) in [4.78, 5) is 23.5. The molecule has 0 heterocycles. The van der Waals surface area contributed by atoms with Gasteiger partial charge in [0, 0.05) is 10.4 Å². The Morgan fingerprint density at radius 3 is 1.41 bits per heavy atom. The minimum absolute atomic E-state index is 0.202. The molecule has 0 fully saturated rings. The monoisotopic (exact) mass is 530 g/mol. The minimum Gasteiger partial charge on any atom is -0.493 e. The summed E-state index contributed by atoms with van der Waals surface area (Å²) >= 11 is 3.46. The van der Waals surface area contributed by atoms with Crippen LogP contribution in [0.1, 0.15) is 22.6 Å². The number of carbonyl (C=O) groups is 2. The van der Waals surface area contributed by atoms with Crippen molar-refractivity contribution in [2.75, 3.05) is 28.4 Å². The highest BCUT2D eigenvalue weighted by Crippen LogP contribution is 2.40. The molecule has 0 radical (unpaired) electrons. The normalized spacial score (nSPS) is 10.4. The highest BCUT2D eigenvalue weighted by atomic mass is 79.9. The summed E-state index contributed by atoms with van der Waals surface area (Å²) in [5.74, 6) is 0.813. The van der Waals surface area contributed by atoms with Gasteiger partial charge in [0.25, 0.3) is 0 Å². The molecule has 0 atom stereocenters. The Kier molecular flexibility index (Phi) is 8.37. The Labute approximate surface area is 205 Å². The largest absolute Gasteiger partial charge is 0.513 e. The van der Waals surface area contributed by atoms with E-state index in [9.17, 15) is 9.59 Å². The summed E-state index contributed by atoms with van der Waals surface area (Å²) in [6.45, 7) is 0. The van der Waals surface area contributed by atoms with E-state index >= 15 is 0 Å². The third-order valence-electron chi connectivity index (χ3n) is 4.97. The van der Waals surface area contributed by atoms with E-state index in [1.54, 1.807) is 24.3 Å². The molecule has 3 aromatic rings. The second-order valence-electron chi connectivity index (χ2n) is 6.92. The van der Waals surface area contributed by atoms with Gasteiger partial charge in [-0.15, -0.1) is 0 Å². The van der Waals surface area contributed by atoms with Gasteiger partial charge in [-0.05, 0) is 53.1 Å². The van der Waals surface area contributed by atoms with Crippen LogP contribution in [0.5, 0.6) is 23.0 Å². The molecule has 0 saturated carbocycles. The number of benzene rings is 3. The van der Waals surface area contributed by atoms with Crippen LogP contribution in [0.2, 0.25) is 0 Å². The topological polar surface area (TPSA) is 89.5 Å². The predicted octanol–water partition coefficient (Wildman–Crippen LogP) is 5.94. The molecule has 0 spiro atoms. The predicted molar refractivity (Wildman–Crippen MR) is 127 cm³/mol. The van der Waals surface area contributed by atoms with Gasteiger partial charge >= 0.3 is 12.3 Å². The summed E-state index contributed by atoms with van der Waals surface area (Å²) in [5.41, 5.74) is 2.51. The molecule has 0 aliphatic rings. The minimum atomic E-state index is -0.867. The second-order valence-corrected chi connectivity index (χ2v) is 7.83. The number of carbonyl (C=O) groups excluding carboxylic acids is 2. The molecule has 3 rings (SSSR count). The van der Waals surface area contributed by atoms with Crippen LogP contribution in [0.4, 0.5) is 9.59 Å². The van der Waals surface area contributed by atoms with E-state index in [1.165, 1.54) is 28.4 Å². The molecule has 0 saturated heterocycles. The molecule has 0 N–H and O–H groups in total. The number of halogens is 1. The zero-order valence-electron chi connectivity index (χ0n) is 19.0. The average molecular weight is 531 g/mol. The smallest absolute Gasteiger partial charge is 0.493 e. The van der Waals surface area contributed by atoms with Gasteiger partial charge in [0.05, 0.1) is 28.4 Å². The fraction of sp³-hybridized carbons (Fsp3) is 0.200. The average Bonchev–Trinajstić information content (AvgIpc) is 2.85. The van der Waals surface area contributed by atoms with Crippen molar-refractivity contribution < 1.29 is 38.0 Å². The van der Waals surface area contributed by atoms with Crippen molar-refractivity contribution in [2.24, 2.45) is 0 Å². The maximum atomic E-state index is 11.8. The molecule has 0 amide bonds. The van der Waals surface area contributed by atoms with Crippen LogP contribution in [0, 0.1) is 0 Å². The van der Waals surface area contributed by atoms with E-state index in [2.05, 4.69) is 25.4 Å². The van der Waals surface area contributed by atoms with E-state index in [4.69, 9.17) is 18.9 Å². The molecule has 3 aromatic carbocycles. The van der Waals surface area contributed by atoms with Crippen LogP contribution < -0.4 is 18.9 Å². The fourth-order valence-corrected chi connectivity index (χ4v) is 3.67. The molecule has 0 aliphatic heterocycles. The van der Waals surface area contributed by atoms with E-state index in [1.807, 2.05) is 36.4 Å². The zero-order valence-corrected chi connectivity index (χ0v) is 20.6. The van der Waals surface area contributed by atoms with Gasteiger partial charge in [-0.1, -0.05) is 40.2 Å². The first kappa shape index (κ1) is 24.9. The van der Waals surface area contributed by atoms with E-state index in [0.717, 1.165) is 21.2 Å². The van der Waals surface area contributed by atoms with Gasteiger partial charge in [0.2, 0.25) is 0 Å². The lowest BCUT2D eigenvalue weighted by Crippen LogP contribution is -2.11.